The van der Waals surface area contributed by atoms with Gasteiger partial charge in [0, 0.05) is 36.5 Å². The van der Waals surface area contributed by atoms with Crippen LogP contribution in [0.1, 0.15) is 0 Å². The van der Waals surface area contributed by atoms with Crippen molar-refractivity contribution in [3.05, 3.63) is 0 Å². The molecule has 5 heteroatoms. The van der Waals surface area contributed by atoms with Crippen LogP contribution in [0.3, 0.4) is 0 Å². The van der Waals surface area contributed by atoms with Crippen molar-refractivity contribution in [1.29, 1.82) is 0 Å². The van der Waals surface area contributed by atoms with E-state index in [0.717, 1.165) is 0 Å². The molecule has 0 rings (SSSR count). The fourth-order valence-corrected chi connectivity index (χ4v) is 0. The molecule has 0 N–H and O–H groups in total. The molecular formula is H5CaFeMgNaZn. The summed E-state index contributed by atoms with van der Waals surface area (Å²) in [6.45, 7) is 0. The van der Waals surface area contributed by atoms with Crippen molar-refractivity contribution in [3.8, 4) is 0 Å². The van der Waals surface area contributed by atoms with Crippen LogP contribution >= 0.6 is 0 Å². The quantitative estimate of drug-likeness (QED) is 0.391. The minimum absolute atomic E-state index is 0. The fourth-order valence-electron chi connectivity index (χ4n) is 0. The van der Waals surface area contributed by atoms with Crippen LogP contribution in [0, 0.1) is 0 Å². The molecule has 0 amide bonds. The summed E-state index contributed by atoms with van der Waals surface area (Å²) in [5.74, 6) is 0. The molecular weight excluding hydrogens is 209 g/mol. The van der Waals surface area contributed by atoms with Crippen molar-refractivity contribution in [2.45, 2.75) is 0 Å². The first-order valence-corrected chi connectivity index (χ1v) is 0. The summed E-state index contributed by atoms with van der Waals surface area (Å²) >= 11 is 0. The molecule has 5 heavy (non-hydrogen) atoms. The monoisotopic (exact) mass is 212 g/mol. The van der Waals surface area contributed by atoms with Crippen molar-refractivity contribution < 1.29 is 36.5 Å². The molecule has 0 aromatic heterocycles. The van der Waals surface area contributed by atoms with Gasteiger partial charge in [-0.25, -0.2) is 0 Å². The maximum absolute atomic E-state index is 0. The summed E-state index contributed by atoms with van der Waals surface area (Å²) in [5, 5.41) is 0. The Balaban J connectivity index is 0. The molecule has 0 nitrogen and oxygen atoms in total. The maximum atomic E-state index is 0. The Labute approximate surface area is 124 Å². The second-order valence-corrected chi connectivity index (χ2v) is 0. The van der Waals surface area contributed by atoms with Crippen LogP contribution in [0.2, 0.25) is 0 Å². The van der Waals surface area contributed by atoms with Gasteiger partial charge in [0.05, 0.1) is 0 Å². The minimum atomic E-state index is 0. The van der Waals surface area contributed by atoms with Crippen molar-refractivity contribution >= 4 is 90.3 Å². The third kappa shape index (κ3) is 17.9. The first-order chi connectivity index (χ1) is 0. The van der Waals surface area contributed by atoms with Crippen LogP contribution in [0.25, 0.3) is 0 Å². The molecule has 0 aliphatic carbocycles. The van der Waals surface area contributed by atoms with E-state index in [0.29, 0.717) is 0 Å². The van der Waals surface area contributed by atoms with E-state index in [4.69, 9.17) is 0 Å². The van der Waals surface area contributed by atoms with Gasteiger partial charge in [-0.1, -0.05) is 0 Å². The van der Waals surface area contributed by atoms with E-state index in [1.165, 1.54) is 0 Å². The SMILES string of the molecule is [CaH2].[Fe].[MgH2].[NaH].[Zn]. The molecule has 0 heterocycles. The molecule has 0 fully saturated rings. The number of hydrogen-bond donors (Lipinski definition) is 0. The van der Waals surface area contributed by atoms with Gasteiger partial charge in [0.25, 0.3) is 0 Å². The first kappa shape index (κ1) is 35.2. The molecule has 0 radical (unpaired) electrons. The van der Waals surface area contributed by atoms with Crippen molar-refractivity contribution in [1.82, 2.24) is 0 Å². The molecule has 0 saturated heterocycles. The average Bonchev–Trinajstić information content (AvgIpc) is 0. The van der Waals surface area contributed by atoms with Gasteiger partial charge < -0.3 is 0 Å². The van der Waals surface area contributed by atoms with Gasteiger partial charge in [0.2, 0.25) is 0 Å². The molecule has 20 valence electrons. The van der Waals surface area contributed by atoms with Gasteiger partial charge in [0.1, 0.15) is 0 Å². The molecule has 0 aliphatic heterocycles. The van der Waals surface area contributed by atoms with Crippen LogP contribution < -0.4 is 0 Å². The predicted octanol–water partition coefficient (Wildman–Crippen LogP) is -2.49. The number of rotatable bonds is 0. The zero-order chi connectivity index (χ0) is 0. The zero-order valence-corrected chi connectivity index (χ0v) is 5.13. The molecule has 0 unspecified atom stereocenters. The zero-order valence-electron chi connectivity index (χ0n) is 1.06. The molecule has 0 aromatic carbocycles. The Morgan fingerprint density at radius 2 is 1.00 bits per heavy atom. The van der Waals surface area contributed by atoms with E-state index in [9.17, 15) is 0 Å². The van der Waals surface area contributed by atoms with Crippen molar-refractivity contribution in [2.75, 3.05) is 0 Å². The molecule has 0 bridgehead atoms. The third-order valence-electron chi connectivity index (χ3n) is 0. The van der Waals surface area contributed by atoms with Crippen molar-refractivity contribution in [2.24, 2.45) is 0 Å². The Morgan fingerprint density at radius 1 is 1.00 bits per heavy atom. The van der Waals surface area contributed by atoms with E-state index >= 15 is 0 Å². The smallest absolute Gasteiger partial charge is 0 e. The van der Waals surface area contributed by atoms with E-state index in [1.807, 2.05) is 0 Å². The summed E-state index contributed by atoms with van der Waals surface area (Å²) in [6, 6.07) is 0. The van der Waals surface area contributed by atoms with Crippen LogP contribution in [0.15, 0.2) is 0 Å². The summed E-state index contributed by atoms with van der Waals surface area (Å²) in [5.41, 5.74) is 0. The van der Waals surface area contributed by atoms with E-state index < -0.39 is 0 Å². The van der Waals surface area contributed by atoms with Gasteiger partial charge in [-0.15, -0.1) is 0 Å². The van der Waals surface area contributed by atoms with Crippen LogP contribution in [-0.4, -0.2) is 90.3 Å². The summed E-state index contributed by atoms with van der Waals surface area (Å²) < 4.78 is 0. The van der Waals surface area contributed by atoms with Gasteiger partial charge >= 0.3 is 90.3 Å². The molecule has 0 spiro atoms. The second-order valence-electron chi connectivity index (χ2n) is 0. The summed E-state index contributed by atoms with van der Waals surface area (Å²) in [7, 11) is 0. The molecule has 0 aromatic rings. The van der Waals surface area contributed by atoms with E-state index in [2.05, 4.69) is 0 Å². The largest absolute Gasteiger partial charge is 0 e. The maximum Gasteiger partial charge on any atom is 0 e. The number of hydrogen-bond acceptors (Lipinski definition) is 0. The summed E-state index contributed by atoms with van der Waals surface area (Å²) in [6.07, 6.45) is 0. The Morgan fingerprint density at radius 3 is 1.00 bits per heavy atom. The van der Waals surface area contributed by atoms with Crippen LogP contribution in [0.4, 0.5) is 0 Å². The normalized spacial score (nSPS) is 0. The average molecular weight is 214 g/mol. The van der Waals surface area contributed by atoms with Crippen molar-refractivity contribution in [3.63, 3.8) is 0 Å². The van der Waals surface area contributed by atoms with Gasteiger partial charge in [-0.2, -0.15) is 0 Å². The third-order valence-corrected chi connectivity index (χ3v) is 0. The molecule has 0 aliphatic rings. The fraction of sp³-hybridized carbons (Fsp3) is 0. The summed E-state index contributed by atoms with van der Waals surface area (Å²) in [4.78, 5) is 0. The Hall–Kier alpha value is 4.17. The standard InChI is InChI=1S/Ca.Fe.Mg.Na.Zn.5H. The van der Waals surface area contributed by atoms with Crippen LogP contribution in [0.5, 0.6) is 0 Å². The predicted molar refractivity (Wildman–Crippen MR) is 24.2 cm³/mol. The Bertz CT molecular complexity index is 11.6. The Kier molecular flexibility index (Phi) is 170. The second kappa shape index (κ2) is 24.2. The van der Waals surface area contributed by atoms with Gasteiger partial charge in [-0.05, 0) is 0 Å². The molecule has 0 atom stereocenters. The van der Waals surface area contributed by atoms with Crippen LogP contribution in [-0.2, 0) is 36.5 Å². The van der Waals surface area contributed by atoms with Gasteiger partial charge in [-0.3, -0.25) is 0 Å². The topological polar surface area (TPSA) is 0 Å². The van der Waals surface area contributed by atoms with E-state index in [-0.39, 0.29) is 127 Å². The minimum Gasteiger partial charge on any atom is 0 e. The first-order valence-electron chi connectivity index (χ1n) is 0. The molecule has 0 saturated carbocycles. The van der Waals surface area contributed by atoms with Gasteiger partial charge in [0.15, 0.2) is 0 Å². The van der Waals surface area contributed by atoms with E-state index in [1.54, 1.807) is 0 Å².